The molecule has 1 aromatic carbocycles. The molecule has 1 aliphatic rings. The maximum absolute atomic E-state index is 9.78. The molecule has 0 unspecified atom stereocenters. The average Bonchev–Trinajstić information content (AvgIpc) is 2.30. The number of piperidine rings is 1. The van der Waals surface area contributed by atoms with E-state index in [1.807, 2.05) is 12.1 Å². The van der Waals surface area contributed by atoms with Crippen LogP contribution in [0.5, 0.6) is 5.75 Å². The third-order valence-corrected chi connectivity index (χ3v) is 3.84. The second-order valence-electron chi connectivity index (χ2n) is 4.73. The third kappa shape index (κ3) is 3.69. The largest absolute Gasteiger partial charge is 0.508 e. The average molecular weight is 299 g/mol. The Bertz CT molecular complexity index is 376. The van der Waals surface area contributed by atoms with Gasteiger partial charge in [0.25, 0.3) is 0 Å². The highest BCUT2D eigenvalue weighted by Gasteiger charge is 2.16. The van der Waals surface area contributed by atoms with Gasteiger partial charge < -0.3 is 15.3 Å². The quantitative estimate of drug-likeness (QED) is 0.899. The molecule has 1 heterocycles. The van der Waals surface area contributed by atoms with Crippen LogP contribution in [-0.4, -0.2) is 36.2 Å². The van der Waals surface area contributed by atoms with E-state index in [9.17, 15) is 5.11 Å². The molecule has 0 amide bonds. The van der Waals surface area contributed by atoms with Crippen LogP contribution in [0.15, 0.2) is 22.7 Å². The minimum absolute atomic E-state index is 0.361. The van der Waals surface area contributed by atoms with Crippen LogP contribution >= 0.6 is 15.9 Å². The molecular formula is C13H19BrN2O. The van der Waals surface area contributed by atoms with Crippen molar-refractivity contribution in [1.29, 1.82) is 0 Å². The fourth-order valence-corrected chi connectivity index (χ4v) is 2.50. The summed E-state index contributed by atoms with van der Waals surface area (Å²) in [6.07, 6.45) is 2.38. The lowest BCUT2D eigenvalue weighted by Gasteiger charge is -2.29. The summed E-state index contributed by atoms with van der Waals surface area (Å²) in [5, 5.41) is 13.3. The summed E-state index contributed by atoms with van der Waals surface area (Å²) in [5.41, 5.74) is 0.965. The molecule has 0 radical (unpaired) electrons. The van der Waals surface area contributed by atoms with Crippen molar-refractivity contribution in [3.63, 3.8) is 0 Å². The molecular weight excluding hydrogens is 280 g/mol. The van der Waals surface area contributed by atoms with Gasteiger partial charge in [-0.25, -0.2) is 0 Å². The molecule has 4 heteroatoms. The van der Waals surface area contributed by atoms with Gasteiger partial charge in [-0.1, -0.05) is 22.0 Å². The molecule has 0 spiro atoms. The number of rotatable bonds is 3. The number of hydrogen-bond acceptors (Lipinski definition) is 3. The third-order valence-electron chi connectivity index (χ3n) is 3.35. The molecule has 0 aromatic heterocycles. The van der Waals surface area contributed by atoms with Crippen molar-refractivity contribution in [3.8, 4) is 5.75 Å². The van der Waals surface area contributed by atoms with Crippen molar-refractivity contribution in [2.24, 2.45) is 0 Å². The smallest absolute Gasteiger partial charge is 0.121 e. The van der Waals surface area contributed by atoms with Crippen LogP contribution in [0, 0.1) is 0 Å². The second kappa shape index (κ2) is 5.85. The molecule has 0 saturated carbocycles. The zero-order chi connectivity index (χ0) is 12.3. The summed E-state index contributed by atoms with van der Waals surface area (Å²) < 4.78 is 0.915. The van der Waals surface area contributed by atoms with Gasteiger partial charge in [0.1, 0.15) is 5.75 Å². The van der Waals surface area contributed by atoms with Gasteiger partial charge in [0.15, 0.2) is 0 Å². The number of benzene rings is 1. The van der Waals surface area contributed by atoms with E-state index in [1.54, 1.807) is 6.07 Å². The molecule has 0 atom stereocenters. The molecule has 2 rings (SSSR count). The maximum atomic E-state index is 9.78. The number of halogens is 1. The van der Waals surface area contributed by atoms with Gasteiger partial charge in [0.2, 0.25) is 0 Å². The lowest BCUT2D eigenvalue weighted by atomic mass is 10.1. The van der Waals surface area contributed by atoms with Crippen LogP contribution < -0.4 is 5.32 Å². The number of hydrogen-bond donors (Lipinski definition) is 2. The van der Waals surface area contributed by atoms with E-state index >= 15 is 0 Å². The Morgan fingerprint density at radius 3 is 2.76 bits per heavy atom. The van der Waals surface area contributed by atoms with Crippen molar-refractivity contribution in [2.75, 3.05) is 20.1 Å². The topological polar surface area (TPSA) is 35.5 Å². The predicted molar refractivity (Wildman–Crippen MR) is 73.2 cm³/mol. The Morgan fingerprint density at radius 1 is 1.41 bits per heavy atom. The molecule has 1 aromatic rings. The monoisotopic (exact) mass is 298 g/mol. The Hall–Kier alpha value is -0.580. The molecule has 17 heavy (non-hydrogen) atoms. The summed E-state index contributed by atoms with van der Waals surface area (Å²) in [7, 11) is 2.16. The van der Waals surface area contributed by atoms with Crippen LogP contribution in [-0.2, 0) is 6.54 Å². The Kier molecular flexibility index (Phi) is 4.42. The number of likely N-dealkylation sites (tertiary alicyclic amines) is 1. The van der Waals surface area contributed by atoms with Crippen LogP contribution in [0.2, 0.25) is 0 Å². The molecule has 1 fully saturated rings. The van der Waals surface area contributed by atoms with Gasteiger partial charge in [-0.05, 0) is 45.1 Å². The van der Waals surface area contributed by atoms with E-state index < -0.39 is 0 Å². The van der Waals surface area contributed by atoms with E-state index in [-0.39, 0.29) is 0 Å². The van der Waals surface area contributed by atoms with E-state index in [0.29, 0.717) is 11.8 Å². The van der Waals surface area contributed by atoms with Gasteiger partial charge in [0, 0.05) is 22.6 Å². The molecule has 1 saturated heterocycles. The van der Waals surface area contributed by atoms with Crippen LogP contribution in [0.4, 0.5) is 0 Å². The first-order valence-electron chi connectivity index (χ1n) is 6.04. The minimum atomic E-state index is 0.361. The highest BCUT2D eigenvalue weighted by molar-refractivity contribution is 9.10. The number of nitrogens with one attached hydrogen (secondary N) is 1. The first-order chi connectivity index (χ1) is 8.15. The number of aromatic hydroxyl groups is 1. The second-order valence-corrected chi connectivity index (χ2v) is 5.65. The van der Waals surface area contributed by atoms with Gasteiger partial charge in [-0.15, -0.1) is 0 Å². The standard InChI is InChI=1S/C13H19BrN2O/c1-16-6-4-12(5-7-16)15-9-10-2-3-11(14)8-13(10)17/h2-3,8,12,15,17H,4-7,9H2,1H3. The number of phenolic OH excluding ortho intramolecular Hbond substituents is 1. The molecule has 1 aliphatic heterocycles. The summed E-state index contributed by atoms with van der Waals surface area (Å²) in [6, 6.07) is 6.24. The molecule has 0 aliphatic carbocycles. The van der Waals surface area contributed by atoms with Crippen molar-refractivity contribution < 1.29 is 5.11 Å². The highest BCUT2D eigenvalue weighted by atomic mass is 79.9. The first-order valence-corrected chi connectivity index (χ1v) is 6.84. The van der Waals surface area contributed by atoms with Crippen LogP contribution in [0.3, 0.4) is 0 Å². The zero-order valence-electron chi connectivity index (χ0n) is 10.1. The summed E-state index contributed by atoms with van der Waals surface area (Å²) >= 11 is 3.34. The Balaban J connectivity index is 1.85. The van der Waals surface area contributed by atoms with Gasteiger partial charge in [0.05, 0.1) is 0 Å². The summed E-state index contributed by atoms with van der Waals surface area (Å²) in [5.74, 6) is 0.361. The summed E-state index contributed by atoms with van der Waals surface area (Å²) in [4.78, 5) is 2.36. The van der Waals surface area contributed by atoms with Gasteiger partial charge >= 0.3 is 0 Å². The zero-order valence-corrected chi connectivity index (χ0v) is 11.7. The molecule has 94 valence electrons. The van der Waals surface area contributed by atoms with Crippen molar-refractivity contribution in [1.82, 2.24) is 10.2 Å². The van der Waals surface area contributed by atoms with Gasteiger partial charge in [-0.3, -0.25) is 0 Å². The SMILES string of the molecule is CN1CCC(NCc2ccc(Br)cc2O)CC1. The van der Waals surface area contributed by atoms with E-state index in [0.717, 1.165) is 29.7 Å². The lowest BCUT2D eigenvalue weighted by Crippen LogP contribution is -2.40. The number of nitrogens with zero attached hydrogens (tertiary/aromatic N) is 1. The van der Waals surface area contributed by atoms with Crippen LogP contribution in [0.1, 0.15) is 18.4 Å². The first kappa shape index (κ1) is 12.9. The van der Waals surface area contributed by atoms with Gasteiger partial charge in [-0.2, -0.15) is 0 Å². The van der Waals surface area contributed by atoms with Crippen molar-refractivity contribution in [2.45, 2.75) is 25.4 Å². The van der Waals surface area contributed by atoms with Crippen molar-refractivity contribution in [3.05, 3.63) is 28.2 Å². The Morgan fingerprint density at radius 2 is 2.12 bits per heavy atom. The maximum Gasteiger partial charge on any atom is 0.121 e. The predicted octanol–water partition coefficient (Wildman–Crippen LogP) is 2.34. The number of phenols is 1. The van der Waals surface area contributed by atoms with Crippen molar-refractivity contribution >= 4 is 15.9 Å². The molecule has 0 bridgehead atoms. The minimum Gasteiger partial charge on any atom is -0.508 e. The van der Waals surface area contributed by atoms with Crippen LogP contribution in [0.25, 0.3) is 0 Å². The highest BCUT2D eigenvalue weighted by Crippen LogP contribution is 2.22. The van der Waals surface area contributed by atoms with E-state index in [1.165, 1.54) is 12.8 Å². The molecule has 3 nitrogen and oxygen atoms in total. The fraction of sp³-hybridized carbons (Fsp3) is 0.538. The van der Waals surface area contributed by atoms with E-state index in [2.05, 4.69) is 33.2 Å². The summed E-state index contributed by atoms with van der Waals surface area (Å²) in [6.45, 7) is 3.06. The Labute approximate surface area is 111 Å². The lowest BCUT2D eigenvalue weighted by molar-refractivity contribution is 0.233. The fourth-order valence-electron chi connectivity index (χ4n) is 2.15. The molecule has 2 N–H and O–H groups in total. The van der Waals surface area contributed by atoms with E-state index in [4.69, 9.17) is 0 Å². The normalized spacial score (nSPS) is 18.5.